The van der Waals surface area contributed by atoms with Crippen molar-refractivity contribution in [1.29, 1.82) is 0 Å². The smallest absolute Gasteiger partial charge is 0.293 e. The molecule has 0 unspecified atom stereocenters. The molecule has 134 valence electrons. The van der Waals surface area contributed by atoms with Gasteiger partial charge in [0.05, 0.1) is 14.3 Å². The number of rotatable bonds is 7. The Morgan fingerprint density at radius 3 is 2.56 bits per heavy atom. The van der Waals surface area contributed by atoms with E-state index in [0.29, 0.717) is 17.4 Å². The van der Waals surface area contributed by atoms with E-state index in [1.807, 2.05) is 0 Å². The second-order valence-corrected chi connectivity index (χ2v) is 7.81. The largest absolute Gasteiger partial charge is 0.379 e. The van der Waals surface area contributed by atoms with Crippen LogP contribution in [0, 0.1) is 15.9 Å². The van der Waals surface area contributed by atoms with E-state index in [9.17, 15) is 22.9 Å². The molecular formula is C15H15BrFN3O4S. The van der Waals surface area contributed by atoms with Crippen LogP contribution in [0.3, 0.4) is 0 Å². The van der Waals surface area contributed by atoms with Crippen molar-refractivity contribution in [2.45, 2.75) is 11.3 Å². The van der Waals surface area contributed by atoms with Crippen molar-refractivity contribution in [3.63, 3.8) is 0 Å². The van der Waals surface area contributed by atoms with Crippen LogP contribution in [0.15, 0.2) is 45.8 Å². The van der Waals surface area contributed by atoms with Gasteiger partial charge in [-0.1, -0.05) is 6.07 Å². The number of nitrogens with zero attached hydrogens (tertiary/aromatic N) is 1. The summed E-state index contributed by atoms with van der Waals surface area (Å²) in [6.07, 6.45) is 0.507. The van der Waals surface area contributed by atoms with Crippen LogP contribution < -0.4 is 10.0 Å². The van der Waals surface area contributed by atoms with E-state index in [4.69, 9.17) is 0 Å². The minimum Gasteiger partial charge on any atom is -0.379 e. The van der Waals surface area contributed by atoms with Crippen molar-refractivity contribution in [1.82, 2.24) is 4.72 Å². The molecule has 0 saturated carbocycles. The summed E-state index contributed by atoms with van der Waals surface area (Å²) < 4.78 is 39.2. The molecule has 0 bridgehead atoms. The third-order valence-electron chi connectivity index (χ3n) is 3.46. The SMILES string of the molecule is CNS(=O)(=O)c1ccc(NCCc2ccc(F)c(Br)c2)c([N+](=O)[O-])c1. The number of benzene rings is 2. The maximum atomic E-state index is 13.2. The average molecular weight is 432 g/mol. The van der Waals surface area contributed by atoms with Crippen LogP contribution in [-0.4, -0.2) is 26.9 Å². The quantitative estimate of drug-likeness (QED) is 0.518. The number of nitrogens with one attached hydrogen (secondary N) is 2. The number of halogens is 2. The first-order chi connectivity index (χ1) is 11.7. The Bertz CT molecular complexity index is 906. The third kappa shape index (κ3) is 4.74. The molecule has 0 aromatic heterocycles. The predicted molar refractivity (Wildman–Crippen MR) is 95.6 cm³/mol. The Balaban J connectivity index is 2.16. The molecular weight excluding hydrogens is 417 g/mol. The molecule has 10 heteroatoms. The molecule has 0 radical (unpaired) electrons. The van der Waals surface area contributed by atoms with E-state index in [-0.39, 0.29) is 22.1 Å². The van der Waals surface area contributed by atoms with Gasteiger partial charge in [-0.05, 0) is 59.2 Å². The van der Waals surface area contributed by atoms with Crippen LogP contribution in [0.5, 0.6) is 0 Å². The minimum absolute atomic E-state index is 0.185. The molecule has 0 fully saturated rings. The van der Waals surface area contributed by atoms with E-state index < -0.39 is 14.9 Å². The zero-order valence-corrected chi connectivity index (χ0v) is 15.5. The Kier molecular flexibility index (Phi) is 6.09. The van der Waals surface area contributed by atoms with Gasteiger partial charge in [0, 0.05) is 12.6 Å². The van der Waals surface area contributed by atoms with Gasteiger partial charge in [-0.15, -0.1) is 0 Å². The van der Waals surface area contributed by atoms with Crippen LogP contribution in [0.25, 0.3) is 0 Å². The predicted octanol–water partition coefficient (Wildman–Crippen LogP) is 3.06. The van der Waals surface area contributed by atoms with Crippen molar-refractivity contribution >= 4 is 37.3 Å². The summed E-state index contributed by atoms with van der Waals surface area (Å²) in [4.78, 5) is 10.4. The van der Waals surface area contributed by atoms with Crippen molar-refractivity contribution in [3.05, 3.63) is 62.4 Å². The summed E-state index contributed by atoms with van der Waals surface area (Å²) in [5.74, 6) is -0.367. The zero-order chi connectivity index (χ0) is 18.6. The van der Waals surface area contributed by atoms with Crippen molar-refractivity contribution in [2.24, 2.45) is 0 Å². The lowest BCUT2D eigenvalue weighted by Crippen LogP contribution is -2.19. The Morgan fingerprint density at radius 1 is 1.24 bits per heavy atom. The number of nitro groups is 1. The lowest BCUT2D eigenvalue weighted by atomic mass is 10.1. The topological polar surface area (TPSA) is 101 Å². The first-order valence-corrected chi connectivity index (χ1v) is 9.42. The standard InChI is InChI=1S/C15H15BrFN3O4S/c1-18-25(23,24)11-3-5-14(15(9-11)20(21)22)19-7-6-10-2-4-13(17)12(16)8-10/h2-5,8-9,18-19H,6-7H2,1H3. The van der Waals surface area contributed by atoms with Crippen molar-refractivity contribution in [3.8, 4) is 0 Å². The third-order valence-corrected chi connectivity index (χ3v) is 5.48. The Labute approximate surface area is 152 Å². The maximum Gasteiger partial charge on any atom is 0.293 e. The molecule has 0 heterocycles. The highest BCUT2D eigenvalue weighted by Gasteiger charge is 2.20. The highest BCUT2D eigenvalue weighted by atomic mass is 79.9. The molecule has 2 N–H and O–H groups in total. The fourth-order valence-corrected chi connectivity index (χ4v) is 3.31. The molecule has 25 heavy (non-hydrogen) atoms. The number of hydrogen-bond donors (Lipinski definition) is 2. The van der Waals surface area contributed by atoms with Gasteiger partial charge >= 0.3 is 0 Å². The van der Waals surface area contributed by atoms with E-state index in [1.165, 1.54) is 25.2 Å². The van der Waals surface area contributed by atoms with Crippen LogP contribution in [-0.2, 0) is 16.4 Å². The maximum absolute atomic E-state index is 13.2. The molecule has 0 aliphatic carbocycles. The van der Waals surface area contributed by atoms with E-state index >= 15 is 0 Å². The van der Waals surface area contributed by atoms with Crippen LogP contribution in [0.4, 0.5) is 15.8 Å². The number of nitro benzene ring substituents is 1. The lowest BCUT2D eigenvalue weighted by Gasteiger charge is -2.09. The normalized spacial score (nSPS) is 11.3. The average Bonchev–Trinajstić information content (AvgIpc) is 2.58. The number of anilines is 1. The highest BCUT2D eigenvalue weighted by Crippen LogP contribution is 2.27. The fraction of sp³-hybridized carbons (Fsp3) is 0.200. The number of sulfonamides is 1. The van der Waals surface area contributed by atoms with Crippen LogP contribution in [0.2, 0.25) is 0 Å². The van der Waals surface area contributed by atoms with Crippen molar-refractivity contribution in [2.75, 3.05) is 18.9 Å². The van der Waals surface area contributed by atoms with E-state index in [0.717, 1.165) is 11.6 Å². The van der Waals surface area contributed by atoms with E-state index in [2.05, 4.69) is 26.0 Å². The lowest BCUT2D eigenvalue weighted by molar-refractivity contribution is -0.384. The molecule has 0 saturated heterocycles. The Morgan fingerprint density at radius 2 is 1.96 bits per heavy atom. The van der Waals surface area contributed by atoms with Gasteiger partial charge in [0.1, 0.15) is 11.5 Å². The summed E-state index contributed by atoms with van der Waals surface area (Å²) in [6, 6.07) is 8.23. The summed E-state index contributed by atoms with van der Waals surface area (Å²) in [6.45, 7) is 0.358. The minimum atomic E-state index is -3.77. The van der Waals surface area contributed by atoms with E-state index in [1.54, 1.807) is 12.1 Å². The first-order valence-electron chi connectivity index (χ1n) is 7.14. The second-order valence-electron chi connectivity index (χ2n) is 5.07. The van der Waals surface area contributed by atoms with Gasteiger partial charge < -0.3 is 5.32 Å². The molecule has 2 aromatic rings. The van der Waals surface area contributed by atoms with Gasteiger partial charge in [-0.2, -0.15) is 0 Å². The molecule has 0 amide bonds. The van der Waals surface area contributed by atoms with Gasteiger partial charge in [-0.3, -0.25) is 10.1 Å². The highest BCUT2D eigenvalue weighted by molar-refractivity contribution is 9.10. The Hall–Kier alpha value is -2.04. The molecule has 7 nitrogen and oxygen atoms in total. The summed E-state index contributed by atoms with van der Waals surface area (Å²) in [5.41, 5.74) is 0.718. The molecule has 0 spiro atoms. The molecule has 0 aliphatic heterocycles. The van der Waals surface area contributed by atoms with Crippen molar-refractivity contribution < 1.29 is 17.7 Å². The summed E-state index contributed by atoms with van der Waals surface area (Å²) >= 11 is 3.10. The molecule has 2 aromatic carbocycles. The summed E-state index contributed by atoms with van der Waals surface area (Å²) in [5, 5.41) is 14.1. The monoisotopic (exact) mass is 431 g/mol. The summed E-state index contributed by atoms with van der Waals surface area (Å²) in [7, 11) is -2.54. The van der Waals surface area contributed by atoms with Gasteiger partial charge in [0.2, 0.25) is 10.0 Å². The fourth-order valence-electron chi connectivity index (χ4n) is 2.13. The van der Waals surface area contributed by atoms with Crippen LogP contribution >= 0.6 is 15.9 Å². The molecule has 2 rings (SSSR count). The van der Waals surface area contributed by atoms with Gasteiger partial charge in [-0.25, -0.2) is 17.5 Å². The van der Waals surface area contributed by atoms with Crippen LogP contribution in [0.1, 0.15) is 5.56 Å². The molecule has 0 atom stereocenters. The number of hydrogen-bond acceptors (Lipinski definition) is 5. The first kappa shape index (κ1) is 19.3. The zero-order valence-electron chi connectivity index (χ0n) is 13.1. The van der Waals surface area contributed by atoms with Gasteiger partial charge in [0.15, 0.2) is 0 Å². The second kappa shape index (κ2) is 7.89. The van der Waals surface area contributed by atoms with Gasteiger partial charge in [0.25, 0.3) is 5.69 Å². The molecule has 0 aliphatic rings.